The van der Waals surface area contributed by atoms with Crippen molar-refractivity contribution < 1.29 is 9.53 Å². The summed E-state index contributed by atoms with van der Waals surface area (Å²) in [5.41, 5.74) is 0.731. The first-order valence-corrected chi connectivity index (χ1v) is 5.19. The van der Waals surface area contributed by atoms with Crippen LogP contribution in [0, 0.1) is 0 Å². The van der Waals surface area contributed by atoms with Crippen molar-refractivity contribution in [1.82, 2.24) is 0 Å². The summed E-state index contributed by atoms with van der Waals surface area (Å²) in [5.74, 6) is -0.386. The van der Waals surface area contributed by atoms with Gasteiger partial charge in [-0.2, -0.15) is 0 Å². The molecule has 0 amide bonds. The van der Waals surface area contributed by atoms with Gasteiger partial charge >= 0.3 is 5.97 Å². The first kappa shape index (κ1) is 12.1. The fourth-order valence-corrected chi connectivity index (χ4v) is 1.46. The molecule has 0 bridgehead atoms. The van der Waals surface area contributed by atoms with E-state index < -0.39 is 0 Å². The molecule has 80 valence electrons. The molecule has 0 N–H and O–H groups in total. The van der Waals surface area contributed by atoms with Crippen molar-refractivity contribution in [2.24, 2.45) is 0 Å². The smallest absolute Gasteiger partial charge is 0.330 e. The molecule has 0 saturated heterocycles. The molecule has 15 heavy (non-hydrogen) atoms. The average Bonchev–Trinajstić information content (AvgIpc) is 2.17. The van der Waals surface area contributed by atoms with Gasteiger partial charge in [-0.05, 0) is 30.7 Å². The van der Waals surface area contributed by atoms with E-state index in [9.17, 15) is 4.79 Å². The maximum absolute atomic E-state index is 11.0. The fraction of sp³-hybridized carbons (Fsp3) is 0.182. The van der Waals surface area contributed by atoms with Crippen LogP contribution in [-0.4, -0.2) is 12.6 Å². The number of carbonyl (C=O) groups excluding carboxylic acids is 1. The van der Waals surface area contributed by atoms with Gasteiger partial charge in [-0.15, -0.1) is 0 Å². The molecule has 0 aliphatic heterocycles. The molecule has 0 aliphatic carbocycles. The number of hydrogen-bond donors (Lipinski definition) is 0. The Bertz CT molecular complexity index is 386. The Morgan fingerprint density at radius 3 is 2.80 bits per heavy atom. The standard InChI is InChI=1S/C11H10Cl2O2/c1-2-15-11(14)6-4-8-3-5-9(12)7-10(8)13/h3-7H,2H2,1H3/b6-4+. The predicted molar refractivity (Wildman–Crippen MR) is 62.1 cm³/mol. The van der Waals surface area contributed by atoms with E-state index in [0.717, 1.165) is 5.56 Å². The third-order valence-electron chi connectivity index (χ3n) is 1.65. The number of halogens is 2. The second kappa shape index (κ2) is 5.79. The van der Waals surface area contributed by atoms with Crippen LogP contribution >= 0.6 is 23.2 Å². The molecule has 1 rings (SSSR count). The van der Waals surface area contributed by atoms with Crippen molar-refractivity contribution in [3.05, 3.63) is 39.9 Å². The van der Waals surface area contributed by atoms with Gasteiger partial charge < -0.3 is 4.74 Å². The third-order valence-corrected chi connectivity index (χ3v) is 2.21. The zero-order valence-corrected chi connectivity index (χ0v) is 9.68. The molecular formula is C11H10Cl2O2. The zero-order valence-electron chi connectivity index (χ0n) is 8.17. The minimum Gasteiger partial charge on any atom is -0.463 e. The van der Waals surface area contributed by atoms with Crippen LogP contribution in [-0.2, 0) is 9.53 Å². The lowest BCUT2D eigenvalue weighted by Gasteiger charge is -1.98. The van der Waals surface area contributed by atoms with E-state index in [4.69, 9.17) is 27.9 Å². The van der Waals surface area contributed by atoms with Gasteiger partial charge in [0.2, 0.25) is 0 Å². The predicted octanol–water partition coefficient (Wildman–Crippen LogP) is 3.57. The van der Waals surface area contributed by atoms with Crippen LogP contribution in [0.3, 0.4) is 0 Å². The molecule has 0 heterocycles. The van der Waals surface area contributed by atoms with Crippen molar-refractivity contribution in [2.75, 3.05) is 6.61 Å². The molecule has 0 unspecified atom stereocenters. The summed E-state index contributed by atoms with van der Waals surface area (Å²) in [6, 6.07) is 5.06. The molecule has 0 fully saturated rings. The minimum atomic E-state index is -0.386. The number of benzene rings is 1. The Hall–Kier alpha value is -0.990. The molecular weight excluding hydrogens is 235 g/mol. The molecule has 1 aromatic rings. The summed E-state index contributed by atoms with van der Waals surface area (Å²) in [5, 5.41) is 1.07. The van der Waals surface area contributed by atoms with Crippen LogP contribution in [0.25, 0.3) is 6.08 Å². The van der Waals surface area contributed by atoms with Crippen LogP contribution in [0.2, 0.25) is 10.0 Å². The Morgan fingerprint density at radius 2 is 2.20 bits per heavy atom. The Kier molecular flexibility index (Phi) is 4.66. The Morgan fingerprint density at radius 1 is 1.47 bits per heavy atom. The first-order valence-electron chi connectivity index (χ1n) is 4.43. The SMILES string of the molecule is CCOC(=O)/C=C/c1ccc(Cl)cc1Cl. The van der Waals surface area contributed by atoms with Gasteiger partial charge in [0.25, 0.3) is 0 Å². The topological polar surface area (TPSA) is 26.3 Å². The van der Waals surface area contributed by atoms with E-state index in [1.54, 1.807) is 31.2 Å². The van der Waals surface area contributed by atoms with E-state index in [0.29, 0.717) is 16.7 Å². The Labute approximate surface area is 98.4 Å². The normalized spacial score (nSPS) is 10.6. The highest BCUT2D eigenvalue weighted by atomic mass is 35.5. The van der Waals surface area contributed by atoms with Crippen LogP contribution in [0.4, 0.5) is 0 Å². The van der Waals surface area contributed by atoms with Gasteiger partial charge in [-0.3, -0.25) is 0 Å². The third kappa shape index (κ3) is 3.94. The van der Waals surface area contributed by atoms with Gasteiger partial charge in [0.05, 0.1) is 6.61 Å². The molecule has 0 spiro atoms. The van der Waals surface area contributed by atoms with E-state index in [2.05, 4.69) is 0 Å². The van der Waals surface area contributed by atoms with Crippen molar-refractivity contribution in [2.45, 2.75) is 6.92 Å². The van der Waals surface area contributed by atoms with Crippen LogP contribution < -0.4 is 0 Å². The highest BCUT2D eigenvalue weighted by Gasteiger charge is 1.99. The van der Waals surface area contributed by atoms with Crippen molar-refractivity contribution in [3.8, 4) is 0 Å². The highest BCUT2D eigenvalue weighted by molar-refractivity contribution is 6.35. The van der Waals surface area contributed by atoms with Gasteiger partial charge in [0, 0.05) is 16.1 Å². The van der Waals surface area contributed by atoms with Gasteiger partial charge in [0.15, 0.2) is 0 Å². The molecule has 1 aromatic carbocycles. The van der Waals surface area contributed by atoms with Crippen molar-refractivity contribution in [3.63, 3.8) is 0 Å². The van der Waals surface area contributed by atoms with E-state index >= 15 is 0 Å². The van der Waals surface area contributed by atoms with E-state index in [1.807, 2.05) is 0 Å². The largest absolute Gasteiger partial charge is 0.463 e. The highest BCUT2D eigenvalue weighted by Crippen LogP contribution is 2.21. The average molecular weight is 245 g/mol. The second-order valence-corrected chi connectivity index (χ2v) is 3.59. The van der Waals surface area contributed by atoms with Crippen LogP contribution in [0.1, 0.15) is 12.5 Å². The summed E-state index contributed by atoms with van der Waals surface area (Å²) in [6.45, 7) is 2.11. The Balaban J connectivity index is 2.76. The lowest BCUT2D eigenvalue weighted by atomic mass is 10.2. The number of esters is 1. The van der Waals surface area contributed by atoms with Gasteiger partial charge in [0.1, 0.15) is 0 Å². The number of ether oxygens (including phenoxy) is 1. The van der Waals surface area contributed by atoms with Gasteiger partial charge in [-0.1, -0.05) is 29.3 Å². The lowest BCUT2D eigenvalue weighted by Crippen LogP contribution is -1.98. The summed E-state index contributed by atoms with van der Waals surface area (Å²) in [6.07, 6.45) is 2.93. The van der Waals surface area contributed by atoms with Crippen molar-refractivity contribution >= 4 is 35.2 Å². The van der Waals surface area contributed by atoms with Crippen LogP contribution in [0.5, 0.6) is 0 Å². The monoisotopic (exact) mass is 244 g/mol. The maximum Gasteiger partial charge on any atom is 0.330 e. The van der Waals surface area contributed by atoms with E-state index in [1.165, 1.54) is 6.08 Å². The van der Waals surface area contributed by atoms with Gasteiger partial charge in [-0.25, -0.2) is 4.79 Å². The molecule has 2 nitrogen and oxygen atoms in total. The fourth-order valence-electron chi connectivity index (χ4n) is 0.985. The van der Waals surface area contributed by atoms with Crippen LogP contribution in [0.15, 0.2) is 24.3 Å². The quantitative estimate of drug-likeness (QED) is 0.601. The molecule has 0 aromatic heterocycles. The second-order valence-electron chi connectivity index (χ2n) is 2.75. The maximum atomic E-state index is 11.0. The number of rotatable bonds is 3. The number of carbonyl (C=O) groups is 1. The first-order chi connectivity index (χ1) is 7.13. The van der Waals surface area contributed by atoms with Crippen molar-refractivity contribution in [1.29, 1.82) is 0 Å². The molecule has 4 heteroatoms. The molecule has 0 radical (unpaired) electrons. The molecule has 0 saturated carbocycles. The summed E-state index contributed by atoms with van der Waals surface area (Å²) >= 11 is 11.6. The lowest BCUT2D eigenvalue weighted by molar-refractivity contribution is -0.137. The minimum absolute atomic E-state index is 0.359. The van der Waals surface area contributed by atoms with E-state index in [-0.39, 0.29) is 5.97 Å². The summed E-state index contributed by atoms with van der Waals surface area (Å²) in [4.78, 5) is 11.0. The molecule has 0 atom stereocenters. The summed E-state index contributed by atoms with van der Waals surface area (Å²) < 4.78 is 4.73. The number of hydrogen-bond acceptors (Lipinski definition) is 2. The molecule has 0 aliphatic rings. The zero-order chi connectivity index (χ0) is 11.3. The summed E-state index contributed by atoms with van der Waals surface area (Å²) in [7, 11) is 0.